The summed E-state index contributed by atoms with van der Waals surface area (Å²) in [5, 5.41) is 3.20. The van der Waals surface area contributed by atoms with Crippen LogP contribution in [0.5, 0.6) is 0 Å². The number of ketones is 1. The maximum Gasteiger partial charge on any atom is 0.433 e. The van der Waals surface area contributed by atoms with Gasteiger partial charge in [0, 0.05) is 37.5 Å². The number of carbonyl (C=O) groups is 1. The molecule has 1 saturated heterocycles. The van der Waals surface area contributed by atoms with Crippen molar-refractivity contribution in [2.24, 2.45) is 0 Å². The van der Waals surface area contributed by atoms with Gasteiger partial charge in [0.2, 0.25) is 0 Å². The van der Waals surface area contributed by atoms with Gasteiger partial charge in [-0.2, -0.15) is 13.2 Å². The highest BCUT2D eigenvalue weighted by molar-refractivity contribution is 5.97. The summed E-state index contributed by atoms with van der Waals surface area (Å²) in [4.78, 5) is 19.8. The van der Waals surface area contributed by atoms with Crippen molar-refractivity contribution in [2.45, 2.75) is 18.7 Å². The van der Waals surface area contributed by atoms with Crippen LogP contribution in [0.2, 0.25) is 0 Å². The molecule has 8 heteroatoms. The van der Waals surface area contributed by atoms with Crippen LogP contribution >= 0.6 is 0 Å². The van der Waals surface area contributed by atoms with Crippen LogP contribution < -0.4 is 5.32 Å². The highest BCUT2D eigenvalue weighted by Crippen LogP contribution is 2.28. The van der Waals surface area contributed by atoms with Crippen LogP contribution in [0.3, 0.4) is 0 Å². The molecule has 2 aromatic rings. The third-order valence-electron chi connectivity index (χ3n) is 3.84. The highest BCUT2D eigenvalue weighted by atomic mass is 19.4. The minimum Gasteiger partial charge on any atom is -0.369 e. The fourth-order valence-electron chi connectivity index (χ4n) is 2.53. The van der Waals surface area contributed by atoms with E-state index < -0.39 is 17.7 Å². The minimum absolute atomic E-state index is 0.0220. The molecular weight excluding hydrogens is 335 g/mol. The van der Waals surface area contributed by atoms with Gasteiger partial charge in [-0.3, -0.25) is 14.8 Å². The Morgan fingerprint density at radius 2 is 2.12 bits per heavy atom. The standard InChI is InChI=1S/C17H16F3N3O2/c18-17(19,20)16-8-12(3-4-22-16)14(24)7-11-1-2-13(23-9-11)15-10-21-5-6-25-15/h1-4,8-9,15,21H,5-7,10H2/t15-/m1/s1. The maximum absolute atomic E-state index is 12.7. The molecule has 0 saturated carbocycles. The summed E-state index contributed by atoms with van der Waals surface area (Å²) in [6, 6.07) is 5.56. The Morgan fingerprint density at radius 3 is 2.76 bits per heavy atom. The van der Waals surface area contributed by atoms with Crippen molar-refractivity contribution in [1.82, 2.24) is 15.3 Å². The van der Waals surface area contributed by atoms with Crippen LogP contribution in [0.15, 0.2) is 36.7 Å². The van der Waals surface area contributed by atoms with E-state index in [0.29, 0.717) is 18.7 Å². The predicted molar refractivity (Wildman–Crippen MR) is 83.1 cm³/mol. The number of rotatable bonds is 4. The number of morpholine rings is 1. The van der Waals surface area contributed by atoms with Gasteiger partial charge in [0.25, 0.3) is 0 Å². The predicted octanol–water partition coefficient (Wildman–Crippen LogP) is 2.58. The lowest BCUT2D eigenvalue weighted by Gasteiger charge is -2.23. The summed E-state index contributed by atoms with van der Waals surface area (Å²) in [5.41, 5.74) is 0.287. The molecule has 25 heavy (non-hydrogen) atoms. The van der Waals surface area contributed by atoms with Crippen molar-refractivity contribution < 1.29 is 22.7 Å². The second kappa shape index (κ2) is 7.28. The van der Waals surface area contributed by atoms with Crippen molar-refractivity contribution in [3.8, 4) is 0 Å². The molecule has 132 valence electrons. The molecule has 1 aliphatic heterocycles. The van der Waals surface area contributed by atoms with E-state index in [1.807, 2.05) is 0 Å². The lowest BCUT2D eigenvalue weighted by molar-refractivity contribution is -0.141. The molecule has 2 aromatic heterocycles. The summed E-state index contributed by atoms with van der Waals surface area (Å²) >= 11 is 0. The van der Waals surface area contributed by atoms with Crippen LogP contribution in [-0.2, 0) is 17.3 Å². The summed E-state index contributed by atoms with van der Waals surface area (Å²) < 4.78 is 43.6. The van der Waals surface area contributed by atoms with E-state index in [2.05, 4.69) is 15.3 Å². The molecule has 0 amide bonds. The zero-order valence-electron chi connectivity index (χ0n) is 13.2. The molecule has 1 aliphatic rings. The van der Waals surface area contributed by atoms with Crippen molar-refractivity contribution in [3.05, 3.63) is 59.2 Å². The molecule has 3 heterocycles. The van der Waals surface area contributed by atoms with Crippen LogP contribution in [0.25, 0.3) is 0 Å². The first-order valence-corrected chi connectivity index (χ1v) is 7.77. The largest absolute Gasteiger partial charge is 0.433 e. The van der Waals surface area contributed by atoms with Gasteiger partial charge < -0.3 is 10.1 Å². The number of hydrogen-bond donors (Lipinski definition) is 1. The fraction of sp³-hybridized carbons (Fsp3) is 0.353. The number of carbonyl (C=O) groups excluding carboxylic acids is 1. The van der Waals surface area contributed by atoms with Gasteiger partial charge in [-0.15, -0.1) is 0 Å². The van der Waals surface area contributed by atoms with Gasteiger partial charge >= 0.3 is 6.18 Å². The summed E-state index contributed by atoms with van der Waals surface area (Å²) in [6.45, 7) is 2.08. The van der Waals surface area contributed by atoms with Crippen molar-refractivity contribution >= 4 is 5.78 Å². The Bertz CT molecular complexity index is 742. The first-order valence-electron chi connectivity index (χ1n) is 7.77. The van der Waals surface area contributed by atoms with Gasteiger partial charge in [0.15, 0.2) is 5.78 Å². The van der Waals surface area contributed by atoms with Crippen molar-refractivity contribution in [1.29, 1.82) is 0 Å². The molecule has 0 unspecified atom stereocenters. The van der Waals surface area contributed by atoms with E-state index in [-0.39, 0.29) is 18.1 Å². The summed E-state index contributed by atoms with van der Waals surface area (Å²) in [6.07, 6.45) is -2.19. The van der Waals surface area contributed by atoms with Gasteiger partial charge in [-0.1, -0.05) is 6.07 Å². The number of pyridine rings is 2. The average molecular weight is 351 g/mol. The third kappa shape index (κ3) is 4.40. The number of ether oxygens (including phenoxy) is 1. The number of hydrogen-bond acceptors (Lipinski definition) is 5. The molecule has 0 spiro atoms. The Morgan fingerprint density at radius 1 is 1.28 bits per heavy atom. The smallest absolute Gasteiger partial charge is 0.369 e. The highest BCUT2D eigenvalue weighted by Gasteiger charge is 2.32. The number of aromatic nitrogens is 2. The monoisotopic (exact) mass is 351 g/mol. The molecule has 0 bridgehead atoms. The SMILES string of the molecule is O=C(Cc1ccc([C@H]2CNCCO2)nc1)c1ccnc(C(F)(F)F)c1. The molecule has 0 radical (unpaired) electrons. The van der Waals surface area contributed by atoms with E-state index in [1.165, 1.54) is 6.07 Å². The third-order valence-corrected chi connectivity index (χ3v) is 3.84. The number of Topliss-reactive ketones (excluding diaryl/α,β-unsaturated/α-hetero) is 1. The zero-order valence-corrected chi connectivity index (χ0v) is 13.2. The molecular formula is C17H16F3N3O2. The molecule has 0 aliphatic carbocycles. The lowest BCUT2D eigenvalue weighted by Crippen LogP contribution is -2.33. The van der Waals surface area contributed by atoms with E-state index in [0.717, 1.165) is 24.5 Å². The van der Waals surface area contributed by atoms with Crippen LogP contribution in [0.4, 0.5) is 13.2 Å². The molecule has 1 fully saturated rings. The quantitative estimate of drug-likeness (QED) is 0.858. The Balaban J connectivity index is 1.68. The number of alkyl halides is 3. The van der Waals surface area contributed by atoms with E-state index in [1.54, 1.807) is 18.3 Å². The Labute approximate surface area is 142 Å². The molecule has 5 nitrogen and oxygen atoms in total. The van der Waals surface area contributed by atoms with Gasteiger partial charge in [-0.05, 0) is 23.8 Å². The molecule has 1 N–H and O–H groups in total. The maximum atomic E-state index is 12.7. The summed E-state index contributed by atoms with van der Waals surface area (Å²) in [5.74, 6) is -0.418. The van der Waals surface area contributed by atoms with Gasteiger partial charge in [-0.25, -0.2) is 0 Å². The van der Waals surface area contributed by atoms with Crippen molar-refractivity contribution in [2.75, 3.05) is 19.7 Å². The summed E-state index contributed by atoms with van der Waals surface area (Å²) in [7, 11) is 0. The number of nitrogens with one attached hydrogen (secondary N) is 1. The minimum atomic E-state index is -4.58. The molecule has 1 atom stereocenters. The average Bonchev–Trinajstić information content (AvgIpc) is 2.62. The first kappa shape index (κ1) is 17.5. The fourth-order valence-corrected chi connectivity index (χ4v) is 2.53. The zero-order chi connectivity index (χ0) is 17.9. The van der Waals surface area contributed by atoms with E-state index in [9.17, 15) is 18.0 Å². The Kier molecular flexibility index (Phi) is 5.10. The van der Waals surface area contributed by atoms with Crippen LogP contribution in [0, 0.1) is 0 Å². The molecule has 3 rings (SSSR count). The number of halogens is 3. The van der Waals surface area contributed by atoms with Crippen molar-refractivity contribution in [3.63, 3.8) is 0 Å². The van der Waals surface area contributed by atoms with Gasteiger partial charge in [0.05, 0.1) is 12.3 Å². The lowest BCUT2D eigenvalue weighted by atomic mass is 10.0. The van der Waals surface area contributed by atoms with Gasteiger partial charge in [0.1, 0.15) is 11.8 Å². The molecule has 0 aromatic carbocycles. The number of nitrogens with zero attached hydrogens (tertiary/aromatic N) is 2. The first-order chi connectivity index (χ1) is 11.9. The Hall–Kier alpha value is -2.32. The van der Waals surface area contributed by atoms with E-state index >= 15 is 0 Å². The van der Waals surface area contributed by atoms with E-state index in [4.69, 9.17) is 4.74 Å². The normalized spacial score (nSPS) is 18.1. The van der Waals surface area contributed by atoms with Crippen LogP contribution in [0.1, 0.15) is 33.4 Å². The second-order valence-electron chi connectivity index (χ2n) is 5.68. The topological polar surface area (TPSA) is 64.1 Å². The second-order valence-corrected chi connectivity index (χ2v) is 5.68. The van der Waals surface area contributed by atoms with Crippen LogP contribution in [-0.4, -0.2) is 35.4 Å².